The second kappa shape index (κ2) is 11.2. The third-order valence-electron chi connectivity index (χ3n) is 3.57. The molecule has 20 heavy (non-hydrogen) atoms. The normalized spacial score (nSPS) is 12.6. The van der Waals surface area contributed by atoms with Gasteiger partial charge in [0.1, 0.15) is 0 Å². The number of thioether (sulfide) groups is 1. The van der Waals surface area contributed by atoms with E-state index in [0.29, 0.717) is 0 Å². The highest BCUT2D eigenvalue weighted by Crippen LogP contribution is 2.21. The van der Waals surface area contributed by atoms with Crippen molar-refractivity contribution in [2.24, 2.45) is 0 Å². The second-order valence-corrected chi connectivity index (χ2v) is 6.78. The smallest absolute Gasteiger partial charge is 0.0634 e. The van der Waals surface area contributed by atoms with Crippen molar-refractivity contribution in [2.75, 3.05) is 5.75 Å². The van der Waals surface area contributed by atoms with Gasteiger partial charge in [-0.25, -0.2) is 0 Å². The molecule has 1 N–H and O–H groups in total. The van der Waals surface area contributed by atoms with E-state index < -0.39 is 0 Å². The van der Waals surface area contributed by atoms with Gasteiger partial charge in [0, 0.05) is 10.6 Å². The van der Waals surface area contributed by atoms with Crippen molar-refractivity contribution in [1.82, 2.24) is 0 Å². The Labute approximate surface area is 129 Å². The van der Waals surface area contributed by atoms with Crippen molar-refractivity contribution in [1.29, 1.82) is 0 Å². The lowest BCUT2D eigenvalue weighted by molar-refractivity contribution is 0.185. The lowest BCUT2D eigenvalue weighted by atomic mass is 10.1. The molecule has 1 aromatic carbocycles. The van der Waals surface area contributed by atoms with Crippen molar-refractivity contribution in [3.63, 3.8) is 0 Å². The summed E-state index contributed by atoms with van der Waals surface area (Å²) in [5.41, 5.74) is 1.29. The molecule has 0 amide bonds. The molecule has 2 heteroatoms. The minimum Gasteiger partial charge on any atom is -0.392 e. The number of benzene rings is 1. The van der Waals surface area contributed by atoms with Crippen LogP contribution in [-0.2, 0) is 0 Å². The number of aliphatic hydroxyl groups excluding tert-OH is 1. The molecule has 0 saturated carbocycles. The van der Waals surface area contributed by atoms with E-state index in [1.807, 2.05) is 0 Å². The molecule has 0 aliphatic rings. The van der Waals surface area contributed by atoms with Gasteiger partial charge in [-0.2, -0.15) is 0 Å². The monoisotopic (exact) mass is 294 g/mol. The summed E-state index contributed by atoms with van der Waals surface area (Å²) in [7, 11) is 0. The third kappa shape index (κ3) is 8.65. The van der Waals surface area contributed by atoms with Crippen LogP contribution >= 0.6 is 11.8 Å². The summed E-state index contributed by atoms with van der Waals surface area (Å²) in [5.74, 6) is 0.819. The van der Waals surface area contributed by atoms with E-state index in [9.17, 15) is 5.11 Å². The first kappa shape index (κ1) is 17.6. The van der Waals surface area contributed by atoms with Crippen LogP contribution in [0.25, 0.3) is 0 Å². The van der Waals surface area contributed by atoms with Crippen LogP contribution in [0.5, 0.6) is 0 Å². The van der Waals surface area contributed by atoms with E-state index in [0.717, 1.165) is 12.2 Å². The van der Waals surface area contributed by atoms with Gasteiger partial charge in [-0.15, -0.1) is 11.8 Å². The maximum Gasteiger partial charge on any atom is 0.0634 e. The van der Waals surface area contributed by atoms with Gasteiger partial charge in [0.15, 0.2) is 0 Å². The van der Waals surface area contributed by atoms with E-state index in [2.05, 4.69) is 38.1 Å². The first-order chi connectivity index (χ1) is 9.72. The van der Waals surface area contributed by atoms with Crippen molar-refractivity contribution < 1.29 is 5.11 Å². The number of hydrogen-bond donors (Lipinski definition) is 1. The lowest BCUT2D eigenvalue weighted by Gasteiger charge is -2.10. The molecule has 1 nitrogen and oxygen atoms in total. The Kier molecular flexibility index (Phi) is 9.86. The van der Waals surface area contributed by atoms with Crippen molar-refractivity contribution in [2.45, 2.75) is 76.2 Å². The maximum atomic E-state index is 10.00. The Hall–Kier alpha value is -0.470. The Morgan fingerprint density at radius 2 is 1.75 bits per heavy atom. The Bertz CT molecular complexity index is 351. The molecule has 0 fully saturated rings. The Morgan fingerprint density at radius 1 is 1.05 bits per heavy atom. The lowest BCUT2D eigenvalue weighted by Crippen LogP contribution is -2.09. The number of aryl methyl sites for hydroxylation is 1. The van der Waals surface area contributed by atoms with Crippen LogP contribution in [0.15, 0.2) is 29.2 Å². The summed E-state index contributed by atoms with van der Waals surface area (Å²) in [4.78, 5) is 1.27. The van der Waals surface area contributed by atoms with Gasteiger partial charge in [-0.1, -0.05) is 69.6 Å². The highest BCUT2D eigenvalue weighted by atomic mass is 32.2. The molecule has 0 heterocycles. The zero-order valence-electron chi connectivity index (χ0n) is 13.1. The number of hydrogen-bond acceptors (Lipinski definition) is 2. The Morgan fingerprint density at radius 3 is 2.45 bits per heavy atom. The van der Waals surface area contributed by atoms with E-state index in [1.54, 1.807) is 11.8 Å². The molecule has 0 aliphatic heterocycles. The number of unbranched alkanes of at least 4 members (excludes halogenated alkanes) is 6. The number of rotatable bonds is 11. The molecule has 1 atom stereocenters. The first-order valence-corrected chi connectivity index (χ1v) is 9.08. The molecule has 0 aromatic heterocycles. The van der Waals surface area contributed by atoms with Crippen LogP contribution < -0.4 is 0 Å². The average Bonchev–Trinajstić information content (AvgIpc) is 2.44. The second-order valence-electron chi connectivity index (χ2n) is 5.69. The van der Waals surface area contributed by atoms with Crippen LogP contribution in [0.4, 0.5) is 0 Å². The van der Waals surface area contributed by atoms with Gasteiger partial charge < -0.3 is 5.11 Å². The van der Waals surface area contributed by atoms with Crippen LogP contribution in [0, 0.1) is 6.92 Å². The van der Waals surface area contributed by atoms with E-state index in [4.69, 9.17) is 0 Å². The van der Waals surface area contributed by atoms with E-state index in [1.165, 1.54) is 55.4 Å². The predicted molar refractivity (Wildman–Crippen MR) is 90.5 cm³/mol. The first-order valence-electron chi connectivity index (χ1n) is 8.10. The predicted octanol–water partition coefficient (Wildman–Crippen LogP) is 5.59. The zero-order valence-corrected chi connectivity index (χ0v) is 13.9. The Balaban J connectivity index is 2.01. The molecule has 0 spiro atoms. The topological polar surface area (TPSA) is 20.2 Å². The van der Waals surface area contributed by atoms with Gasteiger partial charge in [-0.05, 0) is 25.5 Å². The largest absolute Gasteiger partial charge is 0.392 e. The molecule has 0 radical (unpaired) electrons. The minimum absolute atomic E-state index is 0.156. The minimum atomic E-state index is -0.156. The van der Waals surface area contributed by atoms with Crippen LogP contribution in [0.2, 0.25) is 0 Å². The van der Waals surface area contributed by atoms with E-state index >= 15 is 0 Å². The third-order valence-corrected chi connectivity index (χ3v) is 4.71. The van der Waals surface area contributed by atoms with Gasteiger partial charge in [0.25, 0.3) is 0 Å². The number of aliphatic hydroxyl groups is 1. The van der Waals surface area contributed by atoms with Crippen molar-refractivity contribution >= 4 is 11.8 Å². The standard InChI is InChI=1S/C18H30OS/c1-3-4-5-6-7-8-9-12-17(19)15-20-18-13-10-11-16(2)14-18/h10-11,13-14,17,19H,3-9,12,15H2,1-2H3. The molecular weight excluding hydrogens is 264 g/mol. The summed E-state index contributed by atoms with van der Waals surface area (Å²) in [5, 5.41) is 10.00. The van der Waals surface area contributed by atoms with Crippen molar-refractivity contribution in [3.05, 3.63) is 29.8 Å². The van der Waals surface area contributed by atoms with Crippen LogP contribution in [0.1, 0.15) is 63.9 Å². The summed E-state index contributed by atoms with van der Waals surface area (Å²) in [6.45, 7) is 4.36. The zero-order chi connectivity index (χ0) is 14.6. The fourth-order valence-corrected chi connectivity index (χ4v) is 3.31. The summed E-state index contributed by atoms with van der Waals surface area (Å²) in [6, 6.07) is 8.50. The van der Waals surface area contributed by atoms with Crippen molar-refractivity contribution in [3.8, 4) is 0 Å². The van der Waals surface area contributed by atoms with Gasteiger partial charge in [-0.3, -0.25) is 0 Å². The molecule has 0 saturated heterocycles. The fourth-order valence-electron chi connectivity index (χ4n) is 2.32. The molecule has 1 aromatic rings. The molecule has 1 unspecified atom stereocenters. The van der Waals surface area contributed by atoms with Crippen LogP contribution in [-0.4, -0.2) is 17.0 Å². The molecule has 114 valence electrons. The summed E-state index contributed by atoms with van der Waals surface area (Å²) >= 11 is 1.77. The average molecular weight is 295 g/mol. The van der Waals surface area contributed by atoms with Crippen LogP contribution in [0.3, 0.4) is 0 Å². The molecule has 0 bridgehead atoms. The fraction of sp³-hybridized carbons (Fsp3) is 0.667. The highest BCUT2D eigenvalue weighted by Gasteiger charge is 2.05. The van der Waals surface area contributed by atoms with Gasteiger partial charge in [0.2, 0.25) is 0 Å². The molecular formula is C18H30OS. The SMILES string of the molecule is CCCCCCCCCC(O)CSc1cccc(C)c1. The molecule has 0 aliphatic carbocycles. The summed E-state index contributed by atoms with van der Waals surface area (Å²) in [6.07, 6.45) is 9.99. The maximum absolute atomic E-state index is 10.00. The van der Waals surface area contributed by atoms with Gasteiger partial charge >= 0.3 is 0 Å². The quantitative estimate of drug-likeness (QED) is 0.424. The summed E-state index contributed by atoms with van der Waals surface area (Å²) < 4.78 is 0. The highest BCUT2D eigenvalue weighted by molar-refractivity contribution is 7.99. The van der Waals surface area contributed by atoms with E-state index in [-0.39, 0.29) is 6.10 Å². The molecule has 1 rings (SSSR count). The van der Waals surface area contributed by atoms with Gasteiger partial charge in [0.05, 0.1) is 6.10 Å².